The summed E-state index contributed by atoms with van der Waals surface area (Å²) in [6.45, 7) is 1.67. The van der Waals surface area contributed by atoms with Gasteiger partial charge in [0.15, 0.2) is 0 Å². The van der Waals surface area contributed by atoms with E-state index in [4.69, 9.17) is 4.74 Å². The number of phenolic OH excluding ortho intramolecular Hbond substituents is 1. The van der Waals surface area contributed by atoms with E-state index in [1.165, 1.54) is 5.56 Å². The molecule has 1 aliphatic heterocycles. The Balaban J connectivity index is 1.39. The number of phenols is 1. The number of amides is 1. The molecule has 5 heteroatoms. The number of ether oxygens (including phenoxy) is 1. The van der Waals surface area contributed by atoms with Crippen molar-refractivity contribution < 1.29 is 14.6 Å². The predicted octanol–water partition coefficient (Wildman–Crippen LogP) is 3.81. The molecule has 1 atom stereocenters. The molecule has 1 amide bonds. The molecule has 1 aromatic heterocycles. The number of likely N-dealkylation sites (tertiary alicyclic amines) is 1. The molecule has 0 spiro atoms. The molecule has 1 aliphatic rings. The first-order valence-electron chi connectivity index (χ1n) is 9.84. The van der Waals surface area contributed by atoms with Crippen molar-refractivity contribution in [3.63, 3.8) is 0 Å². The minimum absolute atomic E-state index is 0.00163. The van der Waals surface area contributed by atoms with Crippen LogP contribution in [-0.2, 0) is 17.8 Å². The van der Waals surface area contributed by atoms with Gasteiger partial charge < -0.3 is 14.7 Å². The van der Waals surface area contributed by atoms with Gasteiger partial charge in [-0.05, 0) is 53.8 Å². The zero-order valence-electron chi connectivity index (χ0n) is 16.2. The molecule has 148 valence electrons. The van der Waals surface area contributed by atoms with Crippen LogP contribution in [0.3, 0.4) is 0 Å². The van der Waals surface area contributed by atoms with Crippen molar-refractivity contribution >= 4 is 5.91 Å². The quantitative estimate of drug-likeness (QED) is 0.698. The Bertz CT molecular complexity index is 960. The smallest absolute Gasteiger partial charge is 0.257 e. The summed E-state index contributed by atoms with van der Waals surface area (Å²) < 4.78 is 5.95. The standard InChI is InChI=1S/C24H24N2O3/c27-23-7-6-20(14-18-4-2-1-3-5-18)15-22(23)24(28)26-13-10-21(16-26)29-17-19-8-11-25-12-9-19/h1-9,11-12,15,21,27H,10,13-14,16-17H2/t21-/m1/s1. The number of carbonyl (C=O) groups excluding carboxylic acids is 1. The van der Waals surface area contributed by atoms with E-state index in [1.807, 2.05) is 36.4 Å². The zero-order valence-corrected chi connectivity index (χ0v) is 16.2. The van der Waals surface area contributed by atoms with Gasteiger partial charge in [0.1, 0.15) is 5.75 Å². The van der Waals surface area contributed by atoms with E-state index < -0.39 is 0 Å². The molecule has 0 aliphatic carbocycles. The van der Waals surface area contributed by atoms with Gasteiger partial charge in [-0.2, -0.15) is 0 Å². The summed E-state index contributed by atoms with van der Waals surface area (Å²) in [5.74, 6) is -0.125. The van der Waals surface area contributed by atoms with E-state index in [9.17, 15) is 9.90 Å². The lowest BCUT2D eigenvalue weighted by molar-refractivity contribution is 0.0436. The van der Waals surface area contributed by atoms with E-state index in [-0.39, 0.29) is 17.8 Å². The molecule has 2 heterocycles. The molecule has 0 unspecified atom stereocenters. The third-order valence-corrected chi connectivity index (χ3v) is 5.21. The maximum absolute atomic E-state index is 13.0. The SMILES string of the molecule is O=C(c1cc(Cc2ccccc2)ccc1O)N1CC[C@@H](OCc2ccncc2)C1. The van der Waals surface area contributed by atoms with E-state index >= 15 is 0 Å². The number of rotatable bonds is 6. The van der Waals surface area contributed by atoms with Crippen LogP contribution in [0.1, 0.15) is 33.5 Å². The first-order chi connectivity index (χ1) is 14.2. The summed E-state index contributed by atoms with van der Waals surface area (Å²) >= 11 is 0. The summed E-state index contributed by atoms with van der Waals surface area (Å²) in [5.41, 5.74) is 3.59. The second-order valence-corrected chi connectivity index (χ2v) is 7.34. The summed E-state index contributed by atoms with van der Waals surface area (Å²) in [5, 5.41) is 10.3. The van der Waals surface area contributed by atoms with Gasteiger partial charge in [-0.25, -0.2) is 0 Å². The van der Waals surface area contributed by atoms with Gasteiger partial charge >= 0.3 is 0 Å². The lowest BCUT2D eigenvalue weighted by Crippen LogP contribution is -2.30. The number of hydrogen-bond acceptors (Lipinski definition) is 4. The normalized spacial score (nSPS) is 16.1. The molecule has 1 saturated heterocycles. The second kappa shape index (κ2) is 8.88. The molecule has 0 radical (unpaired) electrons. The van der Waals surface area contributed by atoms with Gasteiger partial charge in [0, 0.05) is 25.5 Å². The fourth-order valence-electron chi connectivity index (χ4n) is 3.61. The van der Waals surface area contributed by atoms with Crippen molar-refractivity contribution in [3.8, 4) is 5.75 Å². The van der Waals surface area contributed by atoms with Crippen molar-refractivity contribution in [1.82, 2.24) is 9.88 Å². The zero-order chi connectivity index (χ0) is 20.1. The number of hydrogen-bond donors (Lipinski definition) is 1. The van der Waals surface area contributed by atoms with Gasteiger partial charge in [-0.3, -0.25) is 9.78 Å². The summed E-state index contributed by atoms with van der Waals surface area (Å²) in [6.07, 6.45) is 5.00. The minimum atomic E-state index is -0.146. The Kier molecular flexibility index (Phi) is 5.86. The van der Waals surface area contributed by atoms with Crippen LogP contribution in [0.15, 0.2) is 73.1 Å². The summed E-state index contributed by atoms with van der Waals surface area (Å²) in [6, 6.07) is 19.2. The van der Waals surface area contributed by atoms with Crippen LogP contribution in [0, 0.1) is 0 Å². The maximum atomic E-state index is 13.0. The highest BCUT2D eigenvalue weighted by atomic mass is 16.5. The van der Waals surface area contributed by atoms with Crippen molar-refractivity contribution in [2.24, 2.45) is 0 Å². The first-order valence-corrected chi connectivity index (χ1v) is 9.84. The van der Waals surface area contributed by atoms with Crippen LogP contribution >= 0.6 is 0 Å². The molecule has 4 rings (SSSR count). The lowest BCUT2D eigenvalue weighted by Gasteiger charge is -2.18. The van der Waals surface area contributed by atoms with E-state index in [0.717, 1.165) is 24.0 Å². The Labute approximate surface area is 170 Å². The molecule has 0 bridgehead atoms. The molecular weight excluding hydrogens is 364 g/mol. The van der Waals surface area contributed by atoms with Crippen molar-refractivity contribution in [1.29, 1.82) is 0 Å². The number of carbonyl (C=O) groups is 1. The van der Waals surface area contributed by atoms with Crippen LogP contribution in [0.5, 0.6) is 5.75 Å². The maximum Gasteiger partial charge on any atom is 0.257 e. The van der Waals surface area contributed by atoms with E-state index in [1.54, 1.807) is 29.4 Å². The molecule has 5 nitrogen and oxygen atoms in total. The van der Waals surface area contributed by atoms with Crippen LogP contribution in [0.2, 0.25) is 0 Å². The van der Waals surface area contributed by atoms with Crippen molar-refractivity contribution in [3.05, 3.63) is 95.3 Å². The highest BCUT2D eigenvalue weighted by Crippen LogP contribution is 2.25. The lowest BCUT2D eigenvalue weighted by atomic mass is 10.0. The number of nitrogens with zero attached hydrogens (tertiary/aromatic N) is 2. The fraction of sp³-hybridized carbons (Fsp3) is 0.250. The average Bonchev–Trinajstić information content (AvgIpc) is 3.24. The Morgan fingerprint density at radius 3 is 2.62 bits per heavy atom. The Hall–Kier alpha value is -3.18. The molecular formula is C24H24N2O3. The van der Waals surface area contributed by atoms with Crippen molar-refractivity contribution in [2.75, 3.05) is 13.1 Å². The van der Waals surface area contributed by atoms with Crippen LogP contribution in [0.4, 0.5) is 0 Å². The Morgan fingerprint density at radius 2 is 1.83 bits per heavy atom. The third kappa shape index (κ3) is 4.81. The molecule has 29 heavy (non-hydrogen) atoms. The third-order valence-electron chi connectivity index (χ3n) is 5.21. The van der Waals surface area contributed by atoms with Crippen LogP contribution in [0.25, 0.3) is 0 Å². The Morgan fingerprint density at radius 1 is 1.03 bits per heavy atom. The van der Waals surface area contributed by atoms with Gasteiger partial charge in [0.05, 0.1) is 18.3 Å². The second-order valence-electron chi connectivity index (χ2n) is 7.34. The number of benzene rings is 2. The van der Waals surface area contributed by atoms with Crippen molar-refractivity contribution in [2.45, 2.75) is 25.6 Å². The average molecular weight is 388 g/mol. The largest absolute Gasteiger partial charge is 0.507 e. The molecule has 0 saturated carbocycles. The summed E-state index contributed by atoms with van der Waals surface area (Å²) in [4.78, 5) is 18.8. The van der Waals surface area contributed by atoms with Crippen LogP contribution < -0.4 is 0 Å². The van der Waals surface area contributed by atoms with E-state index in [2.05, 4.69) is 17.1 Å². The monoisotopic (exact) mass is 388 g/mol. The molecule has 1 fully saturated rings. The van der Waals surface area contributed by atoms with Gasteiger partial charge in [0.2, 0.25) is 0 Å². The number of aromatic nitrogens is 1. The predicted molar refractivity (Wildman–Crippen MR) is 111 cm³/mol. The topological polar surface area (TPSA) is 62.7 Å². The van der Waals surface area contributed by atoms with Gasteiger partial charge in [0.25, 0.3) is 5.91 Å². The highest BCUT2D eigenvalue weighted by Gasteiger charge is 2.29. The molecule has 2 aromatic carbocycles. The van der Waals surface area contributed by atoms with Crippen LogP contribution in [-0.4, -0.2) is 40.1 Å². The molecule has 3 aromatic rings. The fourth-order valence-corrected chi connectivity index (χ4v) is 3.61. The highest BCUT2D eigenvalue weighted by molar-refractivity contribution is 5.97. The number of aromatic hydroxyl groups is 1. The molecule has 1 N–H and O–H groups in total. The first kappa shape index (κ1) is 19.2. The number of pyridine rings is 1. The minimum Gasteiger partial charge on any atom is -0.507 e. The van der Waals surface area contributed by atoms with E-state index in [0.29, 0.717) is 25.3 Å². The van der Waals surface area contributed by atoms with Gasteiger partial charge in [-0.1, -0.05) is 36.4 Å². The summed E-state index contributed by atoms with van der Waals surface area (Å²) in [7, 11) is 0. The van der Waals surface area contributed by atoms with Gasteiger partial charge in [-0.15, -0.1) is 0 Å².